The van der Waals surface area contributed by atoms with Gasteiger partial charge in [0.25, 0.3) is 0 Å². The summed E-state index contributed by atoms with van der Waals surface area (Å²) in [5.74, 6) is -2.28. The number of Topliss-reactive ketones (excluding diaryl/α,β-unsaturated/α-hetero) is 1. The van der Waals surface area contributed by atoms with E-state index in [9.17, 15) is 20.0 Å². The van der Waals surface area contributed by atoms with Crippen LogP contribution in [0.5, 0.6) is 0 Å². The van der Waals surface area contributed by atoms with Crippen LogP contribution in [0.25, 0.3) is 6.08 Å². The predicted molar refractivity (Wildman–Crippen MR) is 134 cm³/mol. The number of aryl methyl sites for hydroxylation is 1. The van der Waals surface area contributed by atoms with E-state index in [-0.39, 0.29) is 30.3 Å². The number of thiazole rings is 1. The molecule has 0 radical (unpaired) electrons. The number of fused-ring (bicyclic) bond motifs is 1. The molecule has 0 saturated carbocycles. The average Bonchev–Trinajstić information content (AvgIpc) is 3.42. The first kappa shape index (κ1) is 27.5. The topological polar surface area (TPSA) is 113 Å². The number of esters is 1. The Labute approximate surface area is 212 Å². The molecule has 7 nitrogen and oxygen atoms in total. The molecule has 2 aliphatic heterocycles. The zero-order chi connectivity index (χ0) is 25.9. The van der Waals surface area contributed by atoms with Crippen LogP contribution >= 0.6 is 11.3 Å². The van der Waals surface area contributed by atoms with Crippen molar-refractivity contribution in [1.82, 2.24) is 4.98 Å². The van der Waals surface area contributed by atoms with Crippen molar-refractivity contribution in [3.8, 4) is 6.07 Å². The number of epoxide rings is 1. The molecule has 7 atom stereocenters. The monoisotopic (exact) mass is 502 g/mol. The number of aliphatic hydroxyl groups is 1. The Morgan fingerprint density at radius 2 is 2.00 bits per heavy atom. The van der Waals surface area contributed by atoms with Crippen molar-refractivity contribution in [2.75, 3.05) is 0 Å². The van der Waals surface area contributed by atoms with Crippen molar-refractivity contribution in [3.05, 3.63) is 21.7 Å². The highest BCUT2D eigenvalue weighted by Gasteiger charge is 2.45. The molecule has 2 aliphatic rings. The Bertz CT molecular complexity index is 994. The smallest absolute Gasteiger partial charge is 0.307 e. The summed E-state index contributed by atoms with van der Waals surface area (Å²) in [6.45, 7) is 10.9. The fourth-order valence-electron chi connectivity index (χ4n) is 5.00. The number of ether oxygens (including phenoxy) is 2. The molecule has 2 saturated heterocycles. The van der Waals surface area contributed by atoms with Gasteiger partial charge in [-0.2, -0.15) is 5.26 Å². The summed E-state index contributed by atoms with van der Waals surface area (Å²) in [5.41, 5.74) is 0.589. The quantitative estimate of drug-likeness (QED) is 0.453. The summed E-state index contributed by atoms with van der Waals surface area (Å²) in [4.78, 5) is 30.8. The molecular formula is C27H38N2O5S. The molecule has 2 fully saturated rings. The van der Waals surface area contributed by atoms with Crippen LogP contribution < -0.4 is 0 Å². The minimum atomic E-state index is -1.10. The van der Waals surface area contributed by atoms with Gasteiger partial charge in [-0.15, -0.1) is 11.3 Å². The number of carbonyl (C=O) groups excluding carboxylic acids is 2. The lowest BCUT2D eigenvalue weighted by Gasteiger charge is -2.34. The van der Waals surface area contributed by atoms with E-state index in [4.69, 9.17) is 9.47 Å². The van der Waals surface area contributed by atoms with Crippen molar-refractivity contribution < 1.29 is 24.2 Å². The van der Waals surface area contributed by atoms with Crippen molar-refractivity contribution in [1.29, 1.82) is 5.26 Å². The Morgan fingerprint density at radius 1 is 1.29 bits per heavy atom. The van der Waals surface area contributed by atoms with E-state index < -0.39 is 35.4 Å². The molecule has 1 N–H and O–H groups in total. The zero-order valence-electron chi connectivity index (χ0n) is 21.6. The van der Waals surface area contributed by atoms with Gasteiger partial charge in [-0.05, 0) is 44.3 Å². The molecular weight excluding hydrogens is 464 g/mol. The van der Waals surface area contributed by atoms with Crippen LogP contribution in [0.2, 0.25) is 0 Å². The number of nitrogens with zero attached hydrogens (tertiary/aromatic N) is 2. The predicted octanol–water partition coefficient (Wildman–Crippen LogP) is 4.87. The molecule has 8 heteroatoms. The summed E-state index contributed by atoms with van der Waals surface area (Å²) >= 11 is 1.56. The van der Waals surface area contributed by atoms with E-state index in [0.29, 0.717) is 6.42 Å². The molecule has 1 aromatic heterocycles. The van der Waals surface area contributed by atoms with E-state index >= 15 is 0 Å². The van der Waals surface area contributed by atoms with Crippen LogP contribution in [0.1, 0.15) is 77.4 Å². The number of cyclic esters (lactones) is 1. The van der Waals surface area contributed by atoms with Gasteiger partial charge in [-0.1, -0.05) is 34.1 Å². The maximum Gasteiger partial charge on any atom is 0.307 e. The fourth-order valence-corrected chi connectivity index (χ4v) is 5.57. The summed E-state index contributed by atoms with van der Waals surface area (Å²) in [6, 6.07) is 2.16. The highest BCUT2D eigenvalue weighted by Crippen LogP contribution is 2.38. The summed E-state index contributed by atoms with van der Waals surface area (Å²) < 4.78 is 11.8. The highest BCUT2D eigenvalue weighted by atomic mass is 32.1. The molecule has 0 amide bonds. The molecule has 0 bridgehead atoms. The summed E-state index contributed by atoms with van der Waals surface area (Å²) in [6.07, 6.45) is 3.61. The lowest BCUT2D eigenvalue weighted by atomic mass is 9.69. The second-order valence-electron chi connectivity index (χ2n) is 10.8. The molecule has 192 valence electrons. The van der Waals surface area contributed by atoms with Gasteiger partial charge in [-0.3, -0.25) is 9.59 Å². The van der Waals surface area contributed by atoms with Gasteiger partial charge in [0.05, 0.1) is 47.4 Å². The lowest BCUT2D eigenvalue weighted by molar-refractivity contribution is -0.150. The van der Waals surface area contributed by atoms with E-state index in [1.807, 2.05) is 32.2 Å². The first-order valence-corrected chi connectivity index (χ1v) is 13.4. The molecule has 0 aromatic carbocycles. The van der Waals surface area contributed by atoms with Gasteiger partial charge in [0, 0.05) is 23.1 Å². The van der Waals surface area contributed by atoms with E-state index in [2.05, 4.69) is 11.1 Å². The van der Waals surface area contributed by atoms with Crippen molar-refractivity contribution >= 4 is 29.2 Å². The van der Waals surface area contributed by atoms with Gasteiger partial charge in [0.1, 0.15) is 11.9 Å². The minimum absolute atomic E-state index is 0.00478. The van der Waals surface area contributed by atoms with Gasteiger partial charge in [0.2, 0.25) is 0 Å². The number of ketones is 1. The molecule has 0 spiro atoms. The second kappa shape index (κ2) is 11.3. The Kier molecular flexibility index (Phi) is 8.90. The van der Waals surface area contributed by atoms with Gasteiger partial charge >= 0.3 is 5.97 Å². The minimum Gasteiger partial charge on any atom is -0.458 e. The van der Waals surface area contributed by atoms with Crippen LogP contribution in [-0.4, -0.2) is 46.3 Å². The Hall–Kier alpha value is -2.08. The van der Waals surface area contributed by atoms with Crippen LogP contribution in [0, 0.1) is 41.4 Å². The SMILES string of the molecule is C/C(=C\c1csc(C)n1)[C@@H]1C[C@@H]2O[C@@H]2CCCC(C)[C@H](O)C(C)C(=O)C(C)(C)[C@@H](C#N)CC(=O)O1. The molecule has 0 aliphatic carbocycles. The maximum absolute atomic E-state index is 13.3. The maximum atomic E-state index is 13.3. The standard InChI is InChI=1S/C27H38N2O5S/c1-15-8-7-9-21-23(33-21)12-22(16(2)10-20-14-35-18(4)29-20)34-24(30)11-19(13-28)27(5,6)26(32)17(3)25(15)31/h10,14-15,17,19,21-23,25,31H,7-9,11-12H2,1-6H3/b16-10+/t15?,17?,19-,21-,22+,23+,25+/m1/s1. The molecule has 3 rings (SSSR count). The number of carbonyl (C=O) groups is 2. The number of aliphatic hydroxyl groups excluding tert-OH is 1. The van der Waals surface area contributed by atoms with Crippen LogP contribution in [0.15, 0.2) is 11.0 Å². The first-order valence-electron chi connectivity index (χ1n) is 12.5. The third-order valence-electron chi connectivity index (χ3n) is 7.62. The number of rotatable bonds is 2. The van der Waals surface area contributed by atoms with Crippen molar-refractivity contribution in [2.45, 2.75) is 98.1 Å². The van der Waals surface area contributed by atoms with E-state index in [1.54, 1.807) is 32.1 Å². The molecule has 1 aromatic rings. The highest BCUT2D eigenvalue weighted by molar-refractivity contribution is 7.09. The van der Waals surface area contributed by atoms with Crippen molar-refractivity contribution in [3.63, 3.8) is 0 Å². The van der Waals surface area contributed by atoms with Gasteiger partial charge in [-0.25, -0.2) is 4.98 Å². The largest absolute Gasteiger partial charge is 0.458 e. The van der Waals surface area contributed by atoms with Crippen LogP contribution in [0.4, 0.5) is 0 Å². The number of hydrogen-bond acceptors (Lipinski definition) is 8. The fraction of sp³-hybridized carbons (Fsp3) is 0.704. The Balaban J connectivity index is 1.85. The number of hydrogen-bond donors (Lipinski definition) is 1. The van der Waals surface area contributed by atoms with Gasteiger partial charge < -0.3 is 14.6 Å². The zero-order valence-corrected chi connectivity index (χ0v) is 22.4. The van der Waals surface area contributed by atoms with Crippen LogP contribution in [0.3, 0.4) is 0 Å². The van der Waals surface area contributed by atoms with Crippen molar-refractivity contribution in [2.24, 2.45) is 23.2 Å². The second-order valence-corrected chi connectivity index (χ2v) is 11.8. The molecule has 35 heavy (non-hydrogen) atoms. The van der Waals surface area contributed by atoms with Gasteiger partial charge in [0.15, 0.2) is 0 Å². The van der Waals surface area contributed by atoms with E-state index in [0.717, 1.165) is 35.5 Å². The third kappa shape index (κ3) is 6.78. The first-order chi connectivity index (χ1) is 16.4. The lowest BCUT2D eigenvalue weighted by Crippen LogP contribution is -2.43. The summed E-state index contributed by atoms with van der Waals surface area (Å²) in [7, 11) is 0. The average molecular weight is 503 g/mol. The Morgan fingerprint density at radius 3 is 2.63 bits per heavy atom. The number of aromatic nitrogens is 1. The molecule has 2 unspecified atom stereocenters. The third-order valence-corrected chi connectivity index (χ3v) is 8.41. The summed E-state index contributed by atoms with van der Waals surface area (Å²) in [5, 5.41) is 23.6. The normalized spacial score (nSPS) is 35.0. The molecule has 3 heterocycles. The van der Waals surface area contributed by atoms with E-state index in [1.165, 1.54) is 0 Å². The van der Waals surface area contributed by atoms with Crippen LogP contribution in [-0.2, 0) is 19.1 Å². The number of nitriles is 1.